The molecule has 9 rings (SSSR count). The molecule has 47 heavy (non-hydrogen) atoms. The van der Waals surface area contributed by atoms with Gasteiger partial charge in [-0.3, -0.25) is 0 Å². The molecule has 0 saturated heterocycles. The second kappa shape index (κ2) is 11.2. The molecule has 7 aromatic carbocycles. The SMILES string of the molecule is c1ccc(-c2nc(-c3ccccc3)nc(-c3cccc(-c4cccc(-c5cccc6oc7ccc8ccccc8c7c56)c4)c3)n2)cc1. The second-order valence-electron chi connectivity index (χ2n) is 11.6. The first-order valence-corrected chi connectivity index (χ1v) is 15.7. The minimum Gasteiger partial charge on any atom is -0.456 e. The van der Waals surface area contributed by atoms with E-state index in [4.69, 9.17) is 19.4 Å². The normalized spacial score (nSPS) is 11.4. The molecule has 0 saturated carbocycles. The fraction of sp³-hybridized carbons (Fsp3) is 0. The Labute approximate surface area is 271 Å². The summed E-state index contributed by atoms with van der Waals surface area (Å²) in [6.45, 7) is 0. The molecule has 0 amide bonds. The highest BCUT2D eigenvalue weighted by molar-refractivity contribution is 6.22. The van der Waals surface area contributed by atoms with Crippen LogP contribution in [0.5, 0.6) is 0 Å². The van der Waals surface area contributed by atoms with Gasteiger partial charge in [-0.25, -0.2) is 15.0 Å². The van der Waals surface area contributed by atoms with Crippen LogP contribution in [-0.4, -0.2) is 15.0 Å². The van der Waals surface area contributed by atoms with Gasteiger partial charge < -0.3 is 4.42 Å². The van der Waals surface area contributed by atoms with Crippen LogP contribution in [0.4, 0.5) is 0 Å². The van der Waals surface area contributed by atoms with Gasteiger partial charge in [0.2, 0.25) is 0 Å². The van der Waals surface area contributed by atoms with E-state index in [-0.39, 0.29) is 0 Å². The molecule has 0 atom stereocenters. The quantitative estimate of drug-likeness (QED) is 0.197. The lowest BCUT2D eigenvalue weighted by Crippen LogP contribution is -2.00. The summed E-state index contributed by atoms with van der Waals surface area (Å²) < 4.78 is 6.37. The van der Waals surface area contributed by atoms with Gasteiger partial charge in [-0.1, -0.05) is 140 Å². The smallest absolute Gasteiger partial charge is 0.164 e. The predicted octanol–water partition coefficient (Wildman–Crippen LogP) is 11.3. The zero-order chi connectivity index (χ0) is 31.2. The third kappa shape index (κ3) is 4.84. The van der Waals surface area contributed by atoms with Crippen molar-refractivity contribution < 1.29 is 4.42 Å². The zero-order valence-electron chi connectivity index (χ0n) is 25.3. The van der Waals surface area contributed by atoms with Crippen molar-refractivity contribution in [2.45, 2.75) is 0 Å². The Hall–Kier alpha value is -6.39. The summed E-state index contributed by atoms with van der Waals surface area (Å²) in [7, 11) is 0. The van der Waals surface area contributed by atoms with E-state index in [9.17, 15) is 0 Å². The summed E-state index contributed by atoms with van der Waals surface area (Å²) in [6.07, 6.45) is 0. The molecule has 220 valence electrons. The Kier molecular flexibility index (Phi) is 6.43. The summed E-state index contributed by atoms with van der Waals surface area (Å²) in [4.78, 5) is 14.8. The average molecular weight is 602 g/mol. The number of fused-ring (bicyclic) bond motifs is 5. The molecule has 0 aliphatic rings. The minimum absolute atomic E-state index is 0.636. The fourth-order valence-corrected chi connectivity index (χ4v) is 6.47. The Morgan fingerprint density at radius 1 is 0.340 bits per heavy atom. The molecule has 4 heteroatoms. The van der Waals surface area contributed by atoms with Crippen molar-refractivity contribution in [3.05, 3.63) is 164 Å². The van der Waals surface area contributed by atoms with E-state index in [2.05, 4.69) is 103 Å². The summed E-state index contributed by atoms with van der Waals surface area (Å²) >= 11 is 0. The first kappa shape index (κ1) is 27.0. The topological polar surface area (TPSA) is 51.8 Å². The molecule has 4 nitrogen and oxygen atoms in total. The maximum atomic E-state index is 6.37. The van der Waals surface area contributed by atoms with Crippen LogP contribution in [-0.2, 0) is 0 Å². The van der Waals surface area contributed by atoms with Crippen molar-refractivity contribution in [2.75, 3.05) is 0 Å². The van der Waals surface area contributed by atoms with Gasteiger partial charge in [-0.15, -0.1) is 0 Å². The Balaban J connectivity index is 1.17. The van der Waals surface area contributed by atoms with E-state index < -0.39 is 0 Å². The van der Waals surface area contributed by atoms with E-state index in [1.807, 2.05) is 60.7 Å². The van der Waals surface area contributed by atoms with Crippen LogP contribution in [0.15, 0.2) is 168 Å². The van der Waals surface area contributed by atoms with Crippen LogP contribution in [0, 0.1) is 0 Å². The van der Waals surface area contributed by atoms with Crippen molar-refractivity contribution in [3.8, 4) is 56.4 Å². The van der Waals surface area contributed by atoms with Gasteiger partial charge in [0.25, 0.3) is 0 Å². The molecule has 0 aliphatic carbocycles. The third-order valence-electron chi connectivity index (χ3n) is 8.71. The van der Waals surface area contributed by atoms with E-state index >= 15 is 0 Å². The van der Waals surface area contributed by atoms with Crippen molar-refractivity contribution in [3.63, 3.8) is 0 Å². The van der Waals surface area contributed by atoms with Crippen LogP contribution in [0.2, 0.25) is 0 Å². The molecule has 0 fully saturated rings. The van der Waals surface area contributed by atoms with Gasteiger partial charge in [0.15, 0.2) is 17.5 Å². The summed E-state index contributed by atoms with van der Waals surface area (Å²) in [5.41, 5.74) is 9.09. The van der Waals surface area contributed by atoms with Gasteiger partial charge in [0.1, 0.15) is 11.2 Å². The molecule has 0 spiro atoms. The Morgan fingerprint density at radius 3 is 1.55 bits per heavy atom. The van der Waals surface area contributed by atoms with Crippen molar-refractivity contribution in [1.82, 2.24) is 15.0 Å². The number of nitrogens with zero attached hydrogens (tertiary/aromatic N) is 3. The highest BCUT2D eigenvalue weighted by Crippen LogP contribution is 2.41. The van der Waals surface area contributed by atoms with Crippen LogP contribution in [0.25, 0.3) is 89.1 Å². The molecular weight excluding hydrogens is 574 g/mol. The summed E-state index contributed by atoms with van der Waals surface area (Å²) in [5.74, 6) is 1.93. The van der Waals surface area contributed by atoms with E-state index in [1.165, 1.54) is 10.8 Å². The fourth-order valence-electron chi connectivity index (χ4n) is 6.47. The first-order valence-electron chi connectivity index (χ1n) is 15.7. The van der Waals surface area contributed by atoms with Crippen LogP contribution in [0.1, 0.15) is 0 Å². The zero-order valence-corrected chi connectivity index (χ0v) is 25.3. The lowest BCUT2D eigenvalue weighted by atomic mass is 9.94. The lowest BCUT2D eigenvalue weighted by Gasteiger charge is -2.11. The number of aromatic nitrogens is 3. The number of furan rings is 1. The minimum atomic E-state index is 0.636. The van der Waals surface area contributed by atoms with Crippen LogP contribution >= 0.6 is 0 Å². The van der Waals surface area contributed by atoms with Gasteiger partial charge in [0, 0.05) is 27.5 Å². The molecule has 0 aliphatic heterocycles. The maximum absolute atomic E-state index is 6.37. The number of benzene rings is 7. The van der Waals surface area contributed by atoms with E-state index in [0.717, 1.165) is 60.9 Å². The number of hydrogen-bond donors (Lipinski definition) is 0. The molecule has 9 aromatic rings. The maximum Gasteiger partial charge on any atom is 0.164 e. The molecule has 0 N–H and O–H groups in total. The second-order valence-corrected chi connectivity index (χ2v) is 11.6. The Morgan fingerprint density at radius 2 is 0.851 bits per heavy atom. The van der Waals surface area contributed by atoms with Crippen molar-refractivity contribution >= 4 is 32.7 Å². The highest BCUT2D eigenvalue weighted by atomic mass is 16.3. The van der Waals surface area contributed by atoms with E-state index in [1.54, 1.807) is 0 Å². The highest BCUT2D eigenvalue weighted by Gasteiger charge is 2.16. The molecule has 2 aromatic heterocycles. The van der Waals surface area contributed by atoms with Gasteiger partial charge in [-0.05, 0) is 57.3 Å². The monoisotopic (exact) mass is 601 g/mol. The number of rotatable bonds is 5. The molecular formula is C43H27N3O. The molecule has 2 heterocycles. The molecule has 0 radical (unpaired) electrons. The van der Waals surface area contributed by atoms with Crippen molar-refractivity contribution in [2.24, 2.45) is 0 Å². The van der Waals surface area contributed by atoms with Gasteiger partial charge in [-0.2, -0.15) is 0 Å². The molecule has 0 unspecified atom stereocenters. The average Bonchev–Trinajstić information content (AvgIpc) is 3.55. The van der Waals surface area contributed by atoms with Gasteiger partial charge >= 0.3 is 0 Å². The Bertz CT molecular complexity index is 2510. The van der Waals surface area contributed by atoms with Crippen LogP contribution in [0.3, 0.4) is 0 Å². The summed E-state index contributed by atoms with van der Waals surface area (Å²) in [6, 6.07) is 56.3. The predicted molar refractivity (Wildman–Crippen MR) is 192 cm³/mol. The van der Waals surface area contributed by atoms with Gasteiger partial charge in [0.05, 0.1) is 0 Å². The molecule has 0 bridgehead atoms. The third-order valence-corrected chi connectivity index (χ3v) is 8.71. The van der Waals surface area contributed by atoms with E-state index in [0.29, 0.717) is 17.5 Å². The largest absolute Gasteiger partial charge is 0.456 e. The first-order chi connectivity index (χ1) is 23.3. The van der Waals surface area contributed by atoms with Crippen molar-refractivity contribution in [1.29, 1.82) is 0 Å². The van der Waals surface area contributed by atoms with Crippen LogP contribution < -0.4 is 0 Å². The lowest BCUT2D eigenvalue weighted by molar-refractivity contribution is 0.669. The standard InChI is InChI=1S/C43H27N3O/c1-3-13-29(14-4-1)41-44-42(30-15-5-2-6-16-30)46-43(45-41)34-20-10-18-32(27-34)31-17-9-19-33(26-31)36-22-11-23-37-40(36)39-35-21-8-7-12-28(35)24-25-38(39)47-37/h1-27H. The number of hydrogen-bond acceptors (Lipinski definition) is 4. The summed E-state index contributed by atoms with van der Waals surface area (Å²) in [5, 5.41) is 4.69.